The summed E-state index contributed by atoms with van der Waals surface area (Å²) < 4.78 is 9.58. The second kappa shape index (κ2) is 9.12. The first-order valence-electron chi connectivity index (χ1n) is 7.39. The third kappa shape index (κ3) is 5.42. The van der Waals surface area contributed by atoms with Crippen molar-refractivity contribution in [2.75, 3.05) is 19.5 Å². The van der Waals surface area contributed by atoms with Crippen LogP contribution in [-0.2, 0) is 19.1 Å². The van der Waals surface area contributed by atoms with Crippen LogP contribution in [0.1, 0.15) is 30.6 Å². The molecule has 0 saturated heterocycles. The van der Waals surface area contributed by atoms with E-state index in [1.54, 1.807) is 6.92 Å². The molecule has 0 bridgehead atoms. The third-order valence-electron chi connectivity index (χ3n) is 3.55. The Labute approximate surface area is 145 Å². The van der Waals surface area contributed by atoms with Crippen LogP contribution < -0.4 is 11.1 Å². The van der Waals surface area contributed by atoms with E-state index in [0.29, 0.717) is 11.4 Å². The van der Waals surface area contributed by atoms with Crippen LogP contribution in [0, 0.1) is 5.92 Å². The first kappa shape index (κ1) is 19.8. The number of halogens is 1. The molecule has 0 unspecified atom stereocenters. The van der Waals surface area contributed by atoms with Gasteiger partial charge in [-0.25, -0.2) is 9.59 Å². The summed E-state index contributed by atoms with van der Waals surface area (Å²) in [4.78, 5) is 35.6. The van der Waals surface area contributed by atoms with Gasteiger partial charge in [0.1, 0.15) is 6.04 Å². The molecular weight excluding hydrogens is 336 g/mol. The Morgan fingerprint density at radius 1 is 1.33 bits per heavy atom. The molecule has 7 nitrogen and oxygen atoms in total. The van der Waals surface area contributed by atoms with E-state index in [4.69, 9.17) is 22.1 Å². The van der Waals surface area contributed by atoms with E-state index in [-0.39, 0.29) is 17.2 Å². The van der Waals surface area contributed by atoms with Gasteiger partial charge < -0.3 is 20.5 Å². The van der Waals surface area contributed by atoms with E-state index in [9.17, 15) is 14.4 Å². The molecule has 1 amide bonds. The van der Waals surface area contributed by atoms with Gasteiger partial charge in [-0.05, 0) is 24.1 Å². The Morgan fingerprint density at radius 2 is 2.00 bits per heavy atom. The Kier molecular flexibility index (Phi) is 7.51. The summed E-state index contributed by atoms with van der Waals surface area (Å²) in [6, 6.07) is 3.55. The predicted octanol–water partition coefficient (Wildman–Crippen LogP) is 1.78. The molecule has 3 N–H and O–H groups in total. The van der Waals surface area contributed by atoms with Gasteiger partial charge in [0.15, 0.2) is 6.61 Å². The number of anilines is 1. The van der Waals surface area contributed by atoms with Crippen LogP contribution in [0.25, 0.3) is 0 Å². The normalized spacial score (nSPS) is 12.8. The summed E-state index contributed by atoms with van der Waals surface area (Å²) in [6.07, 6.45) is 0.666. The molecule has 8 heteroatoms. The zero-order valence-electron chi connectivity index (χ0n) is 13.8. The van der Waals surface area contributed by atoms with E-state index < -0.39 is 30.5 Å². The van der Waals surface area contributed by atoms with Crippen molar-refractivity contribution in [2.24, 2.45) is 5.92 Å². The lowest BCUT2D eigenvalue weighted by Gasteiger charge is -2.21. The smallest absolute Gasteiger partial charge is 0.340 e. The summed E-state index contributed by atoms with van der Waals surface area (Å²) in [5.74, 6) is -2.06. The average Bonchev–Trinajstić information content (AvgIpc) is 2.58. The molecule has 0 aromatic heterocycles. The van der Waals surface area contributed by atoms with Crippen molar-refractivity contribution in [2.45, 2.75) is 26.3 Å². The summed E-state index contributed by atoms with van der Waals surface area (Å²) in [5, 5.41) is 2.83. The fourth-order valence-corrected chi connectivity index (χ4v) is 2.10. The van der Waals surface area contributed by atoms with E-state index in [0.717, 1.165) is 0 Å². The number of ether oxygens (including phenoxy) is 2. The van der Waals surface area contributed by atoms with E-state index in [1.807, 2.05) is 6.92 Å². The highest BCUT2D eigenvalue weighted by Crippen LogP contribution is 2.18. The van der Waals surface area contributed by atoms with Crippen molar-refractivity contribution in [1.82, 2.24) is 5.32 Å². The Hall–Kier alpha value is -2.28. The molecular formula is C16H21ClN2O5. The van der Waals surface area contributed by atoms with Gasteiger partial charge in [0.2, 0.25) is 0 Å². The average molecular weight is 357 g/mol. The van der Waals surface area contributed by atoms with Crippen LogP contribution in [0.5, 0.6) is 0 Å². The minimum Gasteiger partial charge on any atom is -0.467 e. The number of nitrogens with two attached hydrogens (primary N) is 1. The lowest BCUT2D eigenvalue weighted by atomic mass is 9.99. The number of hydrogen-bond donors (Lipinski definition) is 2. The van der Waals surface area contributed by atoms with Crippen molar-refractivity contribution in [3.05, 3.63) is 28.8 Å². The van der Waals surface area contributed by atoms with Crippen molar-refractivity contribution >= 4 is 35.1 Å². The quantitative estimate of drug-likeness (QED) is 0.569. The van der Waals surface area contributed by atoms with Crippen LogP contribution in [-0.4, -0.2) is 37.6 Å². The van der Waals surface area contributed by atoms with Gasteiger partial charge in [0.25, 0.3) is 5.91 Å². The number of esters is 2. The summed E-state index contributed by atoms with van der Waals surface area (Å²) in [7, 11) is 1.24. The number of methoxy groups -OCH3 is 1. The predicted molar refractivity (Wildman–Crippen MR) is 89.5 cm³/mol. The molecule has 0 aliphatic heterocycles. The number of rotatable bonds is 7. The van der Waals surface area contributed by atoms with Crippen molar-refractivity contribution in [3.8, 4) is 0 Å². The van der Waals surface area contributed by atoms with Gasteiger partial charge in [0.05, 0.1) is 12.7 Å². The number of amides is 1. The number of nitrogen functional groups attached to an aromatic ring is 1. The first-order valence-corrected chi connectivity index (χ1v) is 7.77. The molecule has 1 aromatic carbocycles. The summed E-state index contributed by atoms with van der Waals surface area (Å²) >= 11 is 5.80. The molecule has 0 heterocycles. The van der Waals surface area contributed by atoms with Gasteiger partial charge in [0, 0.05) is 10.7 Å². The number of carbonyl (C=O) groups is 3. The largest absolute Gasteiger partial charge is 0.467 e. The number of nitrogens with one attached hydrogen (secondary N) is 1. The molecule has 0 fully saturated rings. The highest BCUT2D eigenvalue weighted by Gasteiger charge is 2.27. The summed E-state index contributed by atoms with van der Waals surface area (Å²) in [6.45, 7) is 3.14. The maximum absolute atomic E-state index is 12.0. The molecule has 0 spiro atoms. The molecule has 0 aliphatic carbocycles. The molecule has 0 aliphatic rings. The van der Waals surface area contributed by atoms with Gasteiger partial charge in [-0.2, -0.15) is 0 Å². The monoisotopic (exact) mass is 356 g/mol. The fraction of sp³-hybridized carbons (Fsp3) is 0.438. The van der Waals surface area contributed by atoms with Crippen LogP contribution in [0.4, 0.5) is 5.69 Å². The van der Waals surface area contributed by atoms with E-state index >= 15 is 0 Å². The zero-order valence-corrected chi connectivity index (χ0v) is 14.6. The molecule has 24 heavy (non-hydrogen) atoms. The number of carbonyl (C=O) groups excluding carboxylic acids is 3. The molecule has 1 rings (SSSR count). The number of hydrogen-bond acceptors (Lipinski definition) is 6. The van der Waals surface area contributed by atoms with Gasteiger partial charge in [-0.3, -0.25) is 4.79 Å². The fourth-order valence-electron chi connectivity index (χ4n) is 1.93. The maximum atomic E-state index is 12.0. The first-order chi connectivity index (χ1) is 11.3. The van der Waals surface area contributed by atoms with E-state index in [2.05, 4.69) is 10.1 Å². The minimum atomic E-state index is -0.803. The van der Waals surface area contributed by atoms with Crippen LogP contribution in [0.15, 0.2) is 18.2 Å². The van der Waals surface area contributed by atoms with Crippen LogP contribution >= 0.6 is 11.6 Å². The zero-order chi connectivity index (χ0) is 18.3. The standard InChI is InChI=1S/C16H21ClN2O5/c1-4-9(2)14(16(22)23-3)19-13(20)8-24-15(21)11-7-10(17)5-6-12(11)18/h5-7,9,14H,4,8,18H2,1-3H3,(H,19,20)/t9-,14-/m0/s1. The molecule has 2 atom stereocenters. The topological polar surface area (TPSA) is 108 Å². The molecule has 0 radical (unpaired) electrons. The van der Waals surface area contributed by atoms with Crippen molar-refractivity contribution in [1.29, 1.82) is 0 Å². The second-order valence-electron chi connectivity index (χ2n) is 5.26. The van der Waals surface area contributed by atoms with E-state index in [1.165, 1.54) is 25.3 Å². The number of benzene rings is 1. The highest BCUT2D eigenvalue weighted by molar-refractivity contribution is 6.31. The Morgan fingerprint density at radius 3 is 2.58 bits per heavy atom. The minimum absolute atomic E-state index is 0.0711. The lowest BCUT2D eigenvalue weighted by molar-refractivity contribution is -0.147. The molecule has 0 saturated carbocycles. The van der Waals surface area contributed by atoms with Gasteiger partial charge in [-0.1, -0.05) is 31.9 Å². The highest BCUT2D eigenvalue weighted by atomic mass is 35.5. The SMILES string of the molecule is CC[C@H](C)[C@H](NC(=O)COC(=O)c1cc(Cl)ccc1N)C(=O)OC. The van der Waals surface area contributed by atoms with Crippen LogP contribution in [0.2, 0.25) is 5.02 Å². The lowest BCUT2D eigenvalue weighted by Crippen LogP contribution is -2.47. The summed E-state index contributed by atoms with van der Waals surface area (Å²) in [5.41, 5.74) is 5.93. The van der Waals surface area contributed by atoms with Crippen LogP contribution in [0.3, 0.4) is 0 Å². The van der Waals surface area contributed by atoms with Gasteiger partial charge >= 0.3 is 11.9 Å². The Bertz CT molecular complexity index is 620. The third-order valence-corrected chi connectivity index (χ3v) is 3.79. The van der Waals surface area contributed by atoms with Crippen molar-refractivity contribution < 1.29 is 23.9 Å². The van der Waals surface area contributed by atoms with Crippen molar-refractivity contribution in [3.63, 3.8) is 0 Å². The molecule has 1 aromatic rings. The maximum Gasteiger partial charge on any atom is 0.340 e. The molecule has 132 valence electrons. The van der Waals surface area contributed by atoms with Gasteiger partial charge in [-0.15, -0.1) is 0 Å². The second-order valence-corrected chi connectivity index (χ2v) is 5.70. The Balaban J connectivity index is 2.66.